The van der Waals surface area contributed by atoms with E-state index in [1.54, 1.807) is 6.20 Å². The monoisotopic (exact) mass is 549 g/mol. The van der Waals surface area contributed by atoms with Gasteiger partial charge in [-0.15, -0.1) is 0 Å². The average molecular weight is 550 g/mol. The van der Waals surface area contributed by atoms with E-state index in [4.69, 9.17) is 27.1 Å². The number of likely N-dealkylation sites (N-methyl/N-ethyl adjacent to an activating group) is 1. The maximum Gasteiger partial charge on any atom is 0.260 e. The van der Waals surface area contributed by atoms with Crippen LogP contribution in [0.4, 0.5) is 5.69 Å². The fourth-order valence-corrected chi connectivity index (χ4v) is 6.14. The van der Waals surface area contributed by atoms with Crippen LogP contribution in [0.25, 0.3) is 22.6 Å². The lowest BCUT2D eigenvalue weighted by Gasteiger charge is -2.44. The van der Waals surface area contributed by atoms with Gasteiger partial charge in [-0.05, 0) is 56.0 Å². The maximum absolute atomic E-state index is 12.5. The molecule has 1 aromatic carbocycles. The molecule has 1 saturated carbocycles. The summed E-state index contributed by atoms with van der Waals surface area (Å²) in [6.45, 7) is 3.20. The summed E-state index contributed by atoms with van der Waals surface area (Å²) in [6.07, 6.45) is 7.83. The third-order valence-electron chi connectivity index (χ3n) is 8.20. The summed E-state index contributed by atoms with van der Waals surface area (Å²) in [7, 11) is 2.06. The molecule has 11 heteroatoms. The van der Waals surface area contributed by atoms with Crippen LogP contribution in [-0.2, 0) is 9.59 Å². The maximum atomic E-state index is 12.5. The molecule has 2 bridgehead atoms. The van der Waals surface area contributed by atoms with Gasteiger partial charge in [-0.1, -0.05) is 23.8 Å². The number of imidazole rings is 1. The predicted octanol–water partition coefficient (Wildman–Crippen LogP) is 2.91. The Kier molecular flexibility index (Phi) is 6.90. The van der Waals surface area contributed by atoms with Gasteiger partial charge in [0.15, 0.2) is 12.3 Å². The topological polar surface area (TPSA) is 129 Å². The molecule has 2 amide bonds. The quantitative estimate of drug-likeness (QED) is 0.386. The van der Waals surface area contributed by atoms with Gasteiger partial charge in [-0.25, -0.2) is 9.97 Å². The summed E-state index contributed by atoms with van der Waals surface area (Å²) in [5.74, 6) is 0.950. The van der Waals surface area contributed by atoms with Crippen molar-refractivity contribution < 1.29 is 14.3 Å². The van der Waals surface area contributed by atoms with Crippen molar-refractivity contribution in [2.75, 3.05) is 45.2 Å². The van der Waals surface area contributed by atoms with E-state index in [1.807, 2.05) is 29.2 Å². The van der Waals surface area contributed by atoms with E-state index in [-0.39, 0.29) is 42.2 Å². The highest BCUT2D eigenvalue weighted by Gasteiger charge is 2.44. The Morgan fingerprint density at radius 1 is 1.13 bits per heavy atom. The van der Waals surface area contributed by atoms with Crippen LogP contribution < -0.4 is 15.8 Å². The fourth-order valence-electron chi connectivity index (χ4n) is 5.95. The summed E-state index contributed by atoms with van der Waals surface area (Å²) >= 11 is 6.59. The van der Waals surface area contributed by atoms with Crippen molar-refractivity contribution in [3.63, 3.8) is 0 Å². The lowest BCUT2D eigenvalue weighted by Crippen LogP contribution is -2.51. The molecule has 0 spiro atoms. The minimum atomic E-state index is -0.304. The van der Waals surface area contributed by atoms with Crippen LogP contribution in [0, 0.1) is 17.8 Å². The smallest absolute Gasteiger partial charge is 0.260 e. The Labute approximate surface area is 231 Å². The molecular weight excluding hydrogens is 518 g/mol. The summed E-state index contributed by atoms with van der Waals surface area (Å²) in [5.41, 5.74) is 8.47. The van der Waals surface area contributed by atoms with Crippen LogP contribution in [0.5, 0.6) is 5.75 Å². The number of anilines is 1. The van der Waals surface area contributed by atoms with E-state index in [0.717, 1.165) is 44.6 Å². The zero-order chi connectivity index (χ0) is 27.1. The highest BCUT2D eigenvalue weighted by Crippen LogP contribution is 2.43. The van der Waals surface area contributed by atoms with Crippen molar-refractivity contribution >= 4 is 40.3 Å². The van der Waals surface area contributed by atoms with Crippen molar-refractivity contribution in [2.24, 2.45) is 23.5 Å². The highest BCUT2D eigenvalue weighted by atomic mass is 35.5. The summed E-state index contributed by atoms with van der Waals surface area (Å²) < 4.78 is 5.75. The number of ether oxygens (including phenoxy) is 1. The van der Waals surface area contributed by atoms with Gasteiger partial charge in [-0.3, -0.25) is 9.59 Å². The van der Waals surface area contributed by atoms with E-state index in [1.165, 1.54) is 0 Å². The number of carbonyl (C=O) groups excluding carboxylic acids is 2. The van der Waals surface area contributed by atoms with Crippen molar-refractivity contribution in [3.05, 3.63) is 47.6 Å². The number of benzene rings is 1. The van der Waals surface area contributed by atoms with Gasteiger partial charge in [0.1, 0.15) is 17.1 Å². The number of hydrogen-bond acceptors (Lipinski definition) is 7. The average Bonchev–Trinajstić information content (AvgIpc) is 3.39. The molecule has 3 aromatic rings. The van der Waals surface area contributed by atoms with E-state index in [0.29, 0.717) is 33.4 Å². The third-order valence-corrected chi connectivity index (χ3v) is 8.49. The number of amides is 2. The first-order valence-corrected chi connectivity index (χ1v) is 13.7. The van der Waals surface area contributed by atoms with E-state index in [9.17, 15) is 9.59 Å². The molecule has 7 rings (SSSR count). The van der Waals surface area contributed by atoms with Gasteiger partial charge >= 0.3 is 0 Å². The molecule has 10 nitrogen and oxygen atoms in total. The molecule has 0 radical (unpaired) electrons. The van der Waals surface area contributed by atoms with Gasteiger partial charge < -0.3 is 30.6 Å². The second-order valence-corrected chi connectivity index (χ2v) is 11.1. The minimum Gasteiger partial charge on any atom is -0.484 e. The summed E-state index contributed by atoms with van der Waals surface area (Å²) in [5, 5.41) is 3.95. The lowest BCUT2D eigenvalue weighted by molar-refractivity contribution is -0.135. The SMILES string of the molecule is CN1CCN(C(=O)COc2ccc(-c3nc4c(N[C@H]5[C@@H](C(N)=O)[C@@H]6C=C[C@H]5CC6)c(Cl)cnc4[nH]3)cc2)CC1. The van der Waals surface area contributed by atoms with E-state index >= 15 is 0 Å². The van der Waals surface area contributed by atoms with E-state index < -0.39 is 0 Å². The molecule has 2 aromatic heterocycles. The molecule has 4 N–H and O–H groups in total. The fraction of sp³-hybridized carbons (Fsp3) is 0.429. The molecule has 3 heterocycles. The first-order valence-electron chi connectivity index (χ1n) is 13.4. The molecule has 2 fully saturated rings. The van der Waals surface area contributed by atoms with Crippen LogP contribution >= 0.6 is 11.6 Å². The Hall–Kier alpha value is -3.63. The molecule has 1 aliphatic heterocycles. The first-order chi connectivity index (χ1) is 18.9. The van der Waals surface area contributed by atoms with Crippen LogP contribution in [0.2, 0.25) is 5.02 Å². The Balaban J connectivity index is 1.18. The van der Waals surface area contributed by atoms with E-state index in [2.05, 4.69) is 39.4 Å². The number of nitrogens with zero attached hydrogens (tertiary/aromatic N) is 4. The van der Waals surface area contributed by atoms with Gasteiger partial charge in [0, 0.05) is 37.8 Å². The van der Waals surface area contributed by atoms with Crippen molar-refractivity contribution in [1.29, 1.82) is 0 Å². The number of rotatable bonds is 7. The number of allylic oxidation sites excluding steroid dienone is 1. The van der Waals surface area contributed by atoms with Crippen LogP contribution in [0.15, 0.2) is 42.6 Å². The Morgan fingerprint density at radius 2 is 1.85 bits per heavy atom. The molecule has 1 saturated heterocycles. The summed E-state index contributed by atoms with van der Waals surface area (Å²) in [4.78, 5) is 41.4. The molecule has 0 unspecified atom stereocenters. The number of pyridine rings is 1. The van der Waals surface area contributed by atoms with Crippen molar-refractivity contribution in [1.82, 2.24) is 24.8 Å². The number of halogens is 1. The van der Waals surface area contributed by atoms with Gasteiger partial charge in [0.25, 0.3) is 5.91 Å². The molecule has 4 atom stereocenters. The van der Waals surface area contributed by atoms with Crippen LogP contribution in [0.1, 0.15) is 12.8 Å². The molecule has 204 valence electrons. The van der Waals surface area contributed by atoms with Crippen LogP contribution in [-0.4, -0.2) is 82.4 Å². The van der Waals surface area contributed by atoms with Crippen molar-refractivity contribution in [2.45, 2.75) is 18.9 Å². The molecular formula is C28H32ClN7O3. The largest absolute Gasteiger partial charge is 0.484 e. The number of nitrogens with one attached hydrogen (secondary N) is 2. The summed E-state index contributed by atoms with van der Waals surface area (Å²) in [6, 6.07) is 7.26. The van der Waals surface area contributed by atoms with Crippen molar-refractivity contribution in [3.8, 4) is 17.1 Å². The van der Waals surface area contributed by atoms with Crippen LogP contribution in [0.3, 0.4) is 0 Å². The normalized spacial score (nSPS) is 24.7. The zero-order valence-electron chi connectivity index (χ0n) is 21.8. The predicted molar refractivity (Wildman–Crippen MR) is 149 cm³/mol. The lowest BCUT2D eigenvalue weighted by atomic mass is 9.65. The molecule has 4 aliphatic rings. The number of primary amides is 1. The minimum absolute atomic E-state index is 0.00676. The number of H-pyrrole nitrogens is 1. The zero-order valence-corrected chi connectivity index (χ0v) is 22.5. The first kappa shape index (κ1) is 25.6. The number of nitrogens with two attached hydrogens (primary N) is 1. The molecule has 3 aliphatic carbocycles. The number of piperazine rings is 1. The van der Waals surface area contributed by atoms with Gasteiger partial charge in [-0.2, -0.15) is 0 Å². The number of aromatic amines is 1. The Morgan fingerprint density at radius 3 is 2.54 bits per heavy atom. The standard InChI is InChI=1S/C28H32ClN7O3/c1-35-10-12-36(13-11-35)21(37)15-39-19-8-6-18(7-9-19)27-33-25-24(20(29)14-31-28(25)34-27)32-23-17-4-2-16(3-5-17)22(23)26(30)38/h2,4,6-9,14,16-17,22-23H,3,5,10-13,15H2,1H3,(H2,30,38)(H2,31,32,33,34)/t16-,17+,22+,23-/m1/s1. The number of aromatic nitrogens is 3. The third kappa shape index (κ3) is 5.06. The van der Waals surface area contributed by atoms with Gasteiger partial charge in [0.05, 0.1) is 22.8 Å². The van der Waals surface area contributed by atoms with Gasteiger partial charge in [0.2, 0.25) is 5.91 Å². The Bertz CT molecular complexity index is 1410. The number of hydrogen-bond donors (Lipinski definition) is 3. The molecule has 39 heavy (non-hydrogen) atoms. The number of carbonyl (C=O) groups is 2. The number of fused-ring (bicyclic) bond motifs is 3. The second kappa shape index (κ2) is 10.5. The second-order valence-electron chi connectivity index (χ2n) is 10.6. The highest BCUT2D eigenvalue weighted by molar-refractivity contribution is 6.34.